The van der Waals surface area contributed by atoms with Crippen molar-refractivity contribution < 1.29 is 17.0 Å². The van der Waals surface area contributed by atoms with Crippen LogP contribution < -0.4 is 9.81 Å². The minimum atomic E-state index is -3.59. The molecule has 0 spiro atoms. The maximum Gasteiger partial charge on any atom is 0.336 e. The van der Waals surface area contributed by atoms with E-state index in [4.69, 9.17) is 8.60 Å². The number of aryl methyl sites for hydroxylation is 2. The molecule has 1 aromatic carbocycles. The maximum atomic E-state index is 11.7. The van der Waals surface area contributed by atoms with Crippen molar-refractivity contribution in [2.75, 3.05) is 5.75 Å². The van der Waals surface area contributed by atoms with Crippen molar-refractivity contribution in [1.82, 2.24) is 0 Å². The van der Waals surface area contributed by atoms with E-state index in [2.05, 4.69) is 0 Å². The zero-order valence-electron chi connectivity index (χ0n) is 11.6. The van der Waals surface area contributed by atoms with Gasteiger partial charge in [0.05, 0.1) is 5.75 Å². The molecule has 0 bridgehead atoms. The van der Waals surface area contributed by atoms with E-state index in [1.54, 1.807) is 32.9 Å². The second kappa shape index (κ2) is 5.28. The van der Waals surface area contributed by atoms with E-state index < -0.39 is 15.7 Å². The van der Waals surface area contributed by atoms with Crippen molar-refractivity contribution in [2.24, 2.45) is 0 Å². The molecule has 0 fully saturated rings. The normalized spacial score (nSPS) is 11.8. The number of hydrogen-bond donors (Lipinski definition) is 0. The third-order valence-electron chi connectivity index (χ3n) is 2.92. The van der Waals surface area contributed by atoms with Gasteiger partial charge in [0.15, 0.2) is 0 Å². The first kappa shape index (κ1) is 14.6. The van der Waals surface area contributed by atoms with Gasteiger partial charge in [0.25, 0.3) is 0 Å². The molecule has 0 aliphatic rings. The largest absolute Gasteiger partial charge is 0.423 e. The van der Waals surface area contributed by atoms with Gasteiger partial charge in [-0.1, -0.05) is 6.92 Å². The van der Waals surface area contributed by atoms with Crippen molar-refractivity contribution in [3.8, 4) is 5.75 Å². The summed E-state index contributed by atoms with van der Waals surface area (Å²) in [6.45, 7) is 5.24. The summed E-state index contributed by atoms with van der Waals surface area (Å²) in [5, 5.41) is 0.664. The molecule has 108 valence electrons. The van der Waals surface area contributed by atoms with Crippen LogP contribution in [0.3, 0.4) is 0 Å². The molecule has 0 atom stereocenters. The Morgan fingerprint density at radius 2 is 1.85 bits per heavy atom. The van der Waals surface area contributed by atoms with Gasteiger partial charge in [-0.3, -0.25) is 0 Å². The molecule has 0 aliphatic heterocycles. The predicted molar refractivity (Wildman–Crippen MR) is 76.7 cm³/mol. The van der Waals surface area contributed by atoms with Gasteiger partial charge >= 0.3 is 15.7 Å². The highest BCUT2D eigenvalue weighted by molar-refractivity contribution is 7.87. The van der Waals surface area contributed by atoms with E-state index >= 15 is 0 Å². The number of fused-ring (bicyclic) bond motifs is 1. The van der Waals surface area contributed by atoms with Gasteiger partial charge in [-0.25, -0.2) is 4.79 Å². The predicted octanol–water partition coefficient (Wildman–Crippen LogP) is 2.53. The van der Waals surface area contributed by atoms with Crippen LogP contribution in [0.1, 0.15) is 24.5 Å². The SMILES string of the molecule is CCCS(=O)(=O)Oc1cc2c(C)cc(=O)oc2cc1C. The lowest BCUT2D eigenvalue weighted by Crippen LogP contribution is -2.13. The van der Waals surface area contributed by atoms with Crippen LogP contribution in [-0.4, -0.2) is 14.2 Å². The molecule has 5 nitrogen and oxygen atoms in total. The first-order valence-electron chi connectivity index (χ1n) is 6.29. The highest BCUT2D eigenvalue weighted by Crippen LogP contribution is 2.27. The lowest BCUT2D eigenvalue weighted by Gasteiger charge is -2.10. The summed E-state index contributed by atoms with van der Waals surface area (Å²) in [5.74, 6) is 0.232. The quantitative estimate of drug-likeness (QED) is 0.640. The van der Waals surface area contributed by atoms with Crippen molar-refractivity contribution in [1.29, 1.82) is 0 Å². The van der Waals surface area contributed by atoms with E-state index in [1.165, 1.54) is 6.07 Å². The van der Waals surface area contributed by atoms with Crippen LogP contribution in [0.5, 0.6) is 5.75 Å². The Bertz CT molecular complexity index is 802. The monoisotopic (exact) mass is 296 g/mol. The number of hydrogen-bond acceptors (Lipinski definition) is 5. The van der Waals surface area contributed by atoms with E-state index in [1.807, 2.05) is 0 Å². The van der Waals surface area contributed by atoms with Crippen LogP contribution >= 0.6 is 0 Å². The highest BCUT2D eigenvalue weighted by atomic mass is 32.2. The van der Waals surface area contributed by atoms with Crippen molar-refractivity contribution in [3.05, 3.63) is 39.7 Å². The standard InChI is InChI=1S/C14H16O5S/c1-4-5-20(16,17)19-12-8-11-9(2)7-14(15)18-13(11)6-10(12)3/h6-8H,4-5H2,1-3H3. The lowest BCUT2D eigenvalue weighted by atomic mass is 10.1. The average Bonchev–Trinajstić information content (AvgIpc) is 2.30. The third kappa shape index (κ3) is 3.01. The molecule has 6 heteroatoms. The lowest BCUT2D eigenvalue weighted by molar-refractivity contribution is 0.483. The highest BCUT2D eigenvalue weighted by Gasteiger charge is 2.15. The first-order valence-corrected chi connectivity index (χ1v) is 7.87. The molecular formula is C14H16O5S. The fraction of sp³-hybridized carbons (Fsp3) is 0.357. The zero-order valence-corrected chi connectivity index (χ0v) is 12.4. The summed E-state index contributed by atoms with van der Waals surface area (Å²) in [5.41, 5.74) is 1.31. The summed E-state index contributed by atoms with van der Waals surface area (Å²) < 4.78 is 33.7. The minimum Gasteiger partial charge on any atom is -0.423 e. The van der Waals surface area contributed by atoms with E-state index in [0.29, 0.717) is 28.5 Å². The average molecular weight is 296 g/mol. The third-order valence-corrected chi connectivity index (χ3v) is 4.26. The second-order valence-corrected chi connectivity index (χ2v) is 6.40. The minimum absolute atomic E-state index is 0.0344. The summed E-state index contributed by atoms with van der Waals surface area (Å²) in [7, 11) is -3.59. The van der Waals surface area contributed by atoms with Gasteiger partial charge in [-0.2, -0.15) is 8.42 Å². The van der Waals surface area contributed by atoms with E-state index in [-0.39, 0.29) is 11.5 Å². The Kier molecular flexibility index (Phi) is 3.85. The van der Waals surface area contributed by atoms with Crippen LogP contribution in [0, 0.1) is 13.8 Å². The molecule has 2 aromatic rings. The van der Waals surface area contributed by atoms with Gasteiger partial charge in [0.2, 0.25) is 0 Å². The Morgan fingerprint density at radius 3 is 2.50 bits per heavy atom. The fourth-order valence-electron chi connectivity index (χ4n) is 1.96. The van der Waals surface area contributed by atoms with Crippen LogP contribution in [0.25, 0.3) is 11.0 Å². The fourth-order valence-corrected chi connectivity index (χ4v) is 3.00. The van der Waals surface area contributed by atoms with E-state index in [9.17, 15) is 13.2 Å². The summed E-state index contributed by atoms with van der Waals surface area (Å²) >= 11 is 0. The zero-order chi connectivity index (χ0) is 14.9. The molecule has 1 heterocycles. The Hall–Kier alpha value is -1.82. The van der Waals surface area contributed by atoms with Gasteiger partial charge < -0.3 is 8.60 Å². The van der Waals surface area contributed by atoms with Gasteiger partial charge in [-0.05, 0) is 43.5 Å². The molecule has 0 amide bonds. The second-order valence-electron chi connectivity index (χ2n) is 4.71. The van der Waals surface area contributed by atoms with Crippen LogP contribution in [0.2, 0.25) is 0 Å². The van der Waals surface area contributed by atoms with Crippen molar-refractivity contribution >= 4 is 21.1 Å². The summed E-state index contributed by atoms with van der Waals surface area (Å²) in [4.78, 5) is 11.3. The van der Waals surface area contributed by atoms with E-state index in [0.717, 1.165) is 0 Å². The van der Waals surface area contributed by atoms with Crippen LogP contribution in [-0.2, 0) is 10.1 Å². The van der Waals surface area contributed by atoms with Crippen molar-refractivity contribution in [2.45, 2.75) is 27.2 Å². The molecule has 0 saturated carbocycles. The topological polar surface area (TPSA) is 73.6 Å². The Morgan fingerprint density at radius 1 is 1.15 bits per heavy atom. The molecule has 20 heavy (non-hydrogen) atoms. The van der Waals surface area contributed by atoms with Crippen LogP contribution in [0.4, 0.5) is 0 Å². The maximum absolute atomic E-state index is 11.7. The summed E-state index contributed by atoms with van der Waals surface area (Å²) in [6.07, 6.45) is 0.489. The molecule has 0 N–H and O–H groups in total. The van der Waals surface area contributed by atoms with Crippen molar-refractivity contribution in [3.63, 3.8) is 0 Å². The first-order chi connectivity index (χ1) is 9.32. The number of benzene rings is 1. The Labute approximate surface area is 117 Å². The molecule has 1 aromatic heterocycles. The smallest absolute Gasteiger partial charge is 0.336 e. The van der Waals surface area contributed by atoms with Crippen LogP contribution in [0.15, 0.2) is 27.4 Å². The van der Waals surface area contributed by atoms with Gasteiger partial charge in [0, 0.05) is 11.5 Å². The Balaban J connectivity index is 2.56. The number of rotatable bonds is 4. The summed E-state index contributed by atoms with van der Waals surface area (Å²) in [6, 6.07) is 4.57. The molecule has 0 unspecified atom stereocenters. The molecular weight excluding hydrogens is 280 g/mol. The molecule has 0 aliphatic carbocycles. The van der Waals surface area contributed by atoms with Gasteiger partial charge in [-0.15, -0.1) is 0 Å². The van der Waals surface area contributed by atoms with Gasteiger partial charge in [0.1, 0.15) is 11.3 Å². The molecule has 0 radical (unpaired) electrons. The molecule has 0 saturated heterocycles. The molecule has 2 rings (SSSR count).